The van der Waals surface area contributed by atoms with Gasteiger partial charge in [-0.05, 0) is 49.5 Å². The Morgan fingerprint density at radius 2 is 2.18 bits per heavy atom. The molecule has 0 N–H and O–H groups in total. The van der Waals surface area contributed by atoms with Crippen LogP contribution in [0.3, 0.4) is 0 Å². The van der Waals surface area contributed by atoms with E-state index in [2.05, 4.69) is 6.92 Å². The topological polar surface area (TPSA) is 26.3 Å². The summed E-state index contributed by atoms with van der Waals surface area (Å²) in [5.41, 5.74) is 0.140. The number of Topliss-reactive ketones (excluding diaryl/α,β-unsaturated/α-hetero) is 1. The van der Waals surface area contributed by atoms with E-state index in [1.54, 1.807) is 0 Å². The lowest BCUT2D eigenvalue weighted by atomic mass is 9.79. The first-order chi connectivity index (χ1) is 8.24. The lowest BCUT2D eigenvalue weighted by Crippen LogP contribution is -2.43. The average molecular weight is 256 g/mol. The molecular formula is C14H24O2S. The predicted molar refractivity (Wildman–Crippen MR) is 72.5 cm³/mol. The minimum absolute atomic E-state index is 0.140. The molecule has 0 amide bonds. The highest BCUT2D eigenvalue weighted by molar-refractivity contribution is 7.99. The second-order valence-electron chi connectivity index (χ2n) is 5.50. The van der Waals surface area contributed by atoms with Gasteiger partial charge in [0.15, 0.2) is 0 Å². The summed E-state index contributed by atoms with van der Waals surface area (Å²) in [4.78, 5) is 11.7. The Balaban J connectivity index is 1.85. The van der Waals surface area contributed by atoms with Crippen molar-refractivity contribution >= 4 is 17.5 Å². The molecule has 1 spiro atoms. The molecule has 98 valence electrons. The molecule has 0 bridgehead atoms. The molecule has 2 heterocycles. The van der Waals surface area contributed by atoms with E-state index in [0.29, 0.717) is 11.7 Å². The van der Waals surface area contributed by atoms with Crippen molar-refractivity contribution < 1.29 is 9.53 Å². The van der Waals surface area contributed by atoms with Gasteiger partial charge in [0.05, 0.1) is 5.60 Å². The molecule has 2 saturated heterocycles. The number of carbonyl (C=O) groups excluding carboxylic acids is 1. The minimum Gasteiger partial charge on any atom is -0.375 e. The number of thioether (sulfide) groups is 1. The van der Waals surface area contributed by atoms with Crippen LogP contribution in [0.15, 0.2) is 0 Å². The maximum Gasteiger partial charge on any atom is 0.133 e. The molecule has 17 heavy (non-hydrogen) atoms. The molecule has 0 aromatic rings. The van der Waals surface area contributed by atoms with E-state index in [1.807, 2.05) is 11.8 Å². The van der Waals surface area contributed by atoms with Crippen molar-refractivity contribution in [3.63, 3.8) is 0 Å². The second-order valence-corrected chi connectivity index (χ2v) is 6.72. The Kier molecular flexibility index (Phi) is 4.92. The van der Waals surface area contributed by atoms with E-state index in [-0.39, 0.29) is 5.60 Å². The smallest absolute Gasteiger partial charge is 0.133 e. The van der Waals surface area contributed by atoms with E-state index < -0.39 is 0 Å². The lowest BCUT2D eigenvalue weighted by Gasteiger charge is -2.43. The summed E-state index contributed by atoms with van der Waals surface area (Å²) in [5, 5.41) is 0. The Labute approximate surface area is 109 Å². The van der Waals surface area contributed by atoms with Crippen LogP contribution in [0, 0.1) is 5.92 Å². The van der Waals surface area contributed by atoms with Gasteiger partial charge in [0.25, 0.3) is 0 Å². The third-order valence-corrected chi connectivity index (χ3v) is 5.03. The largest absolute Gasteiger partial charge is 0.375 e. The first-order valence-corrected chi connectivity index (χ1v) is 8.13. The van der Waals surface area contributed by atoms with Crippen LogP contribution in [-0.2, 0) is 9.53 Å². The monoisotopic (exact) mass is 256 g/mol. The molecule has 0 aliphatic carbocycles. The standard InChI is InChI=1S/C14H24O2S/c1-2-3-13(15)10-12-4-7-16-14(11-12)5-8-17-9-6-14/h12H,2-11H2,1H3. The normalized spacial score (nSPS) is 28.2. The van der Waals surface area contributed by atoms with Gasteiger partial charge in [0.2, 0.25) is 0 Å². The number of carbonyl (C=O) groups is 1. The van der Waals surface area contributed by atoms with E-state index in [4.69, 9.17) is 4.74 Å². The summed E-state index contributed by atoms with van der Waals surface area (Å²) >= 11 is 2.04. The van der Waals surface area contributed by atoms with Crippen molar-refractivity contribution in [3.05, 3.63) is 0 Å². The van der Waals surface area contributed by atoms with Gasteiger partial charge in [0, 0.05) is 19.4 Å². The van der Waals surface area contributed by atoms with Gasteiger partial charge in [-0.15, -0.1) is 0 Å². The molecular weight excluding hydrogens is 232 g/mol. The zero-order valence-corrected chi connectivity index (χ0v) is 11.7. The third kappa shape index (κ3) is 3.72. The average Bonchev–Trinajstić information content (AvgIpc) is 2.30. The van der Waals surface area contributed by atoms with Crippen molar-refractivity contribution in [1.29, 1.82) is 0 Å². The first kappa shape index (κ1) is 13.4. The highest BCUT2D eigenvalue weighted by Gasteiger charge is 2.38. The van der Waals surface area contributed by atoms with Crippen LogP contribution in [-0.4, -0.2) is 29.5 Å². The van der Waals surface area contributed by atoms with Crippen molar-refractivity contribution in [2.24, 2.45) is 5.92 Å². The minimum atomic E-state index is 0.140. The fourth-order valence-electron chi connectivity index (χ4n) is 3.10. The predicted octanol–water partition coefficient (Wildman–Crippen LogP) is 3.44. The van der Waals surface area contributed by atoms with Gasteiger partial charge >= 0.3 is 0 Å². The molecule has 0 aromatic heterocycles. The SMILES string of the molecule is CCCC(=O)CC1CCOC2(CCSCC2)C1. The van der Waals surface area contributed by atoms with Gasteiger partial charge in [-0.2, -0.15) is 11.8 Å². The summed E-state index contributed by atoms with van der Waals surface area (Å²) in [7, 11) is 0. The molecule has 1 atom stereocenters. The zero-order valence-electron chi connectivity index (χ0n) is 10.9. The van der Waals surface area contributed by atoms with Gasteiger partial charge in [-0.25, -0.2) is 0 Å². The Hall–Kier alpha value is -0.0200. The van der Waals surface area contributed by atoms with E-state index in [1.165, 1.54) is 24.3 Å². The number of ether oxygens (including phenoxy) is 1. The first-order valence-electron chi connectivity index (χ1n) is 6.97. The third-order valence-electron chi connectivity index (χ3n) is 4.04. The summed E-state index contributed by atoms with van der Waals surface area (Å²) in [6.45, 7) is 2.95. The molecule has 3 heteroatoms. The number of rotatable bonds is 4. The molecule has 1 unspecified atom stereocenters. The fraction of sp³-hybridized carbons (Fsp3) is 0.929. The maximum absolute atomic E-state index is 11.7. The van der Waals surface area contributed by atoms with E-state index in [9.17, 15) is 4.79 Å². The van der Waals surface area contributed by atoms with Gasteiger partial charge in [0.1, 0.15) is 5.78 Å². The van der Waals surface area contributed by atoms with Crippen molar-refractivity contribution in [2.75, 3.05) is 18.1 Å². The van der Waals surface area contributed by atoms with Crippen LogP contribution in [0.5, 0.6) is 0 Å². The molecule has 2 aliphatic heterocycles. The summed E-state index contributed by atoms with van der Waals surface area (Å²) in [5.74, 6) is 3.51. The Morgan fingerprint density at radius 1 is 1.41 bits per heavy atom. The second kappa shape index (κ2) is 6.24. The molecule has 2 rings (SSSR count). The zero-order chi connectivity index (χ0) is 12.1. The van der Waals surface area contributed by atoms with E-state index in [0.717, 1.165) is 38.7 Å². The Morgan fingerprint density at radius 3 is 2.88 bits per heavy atom. The lowest BCUT2D eigenvalue weighted by molar-refractivity contribution is -0.126. The Bertz CT molecular complexity index is 253. The summed E-state index contributed by atoms with van der Waals surface area (Å²) in [6.07, 6.45) is 7.15. The van der Waals surface area contributed by atoms with Crippen molar-refractivity contribution in [1.82, 2.24) is 0 Å². The van der Waals surface area contributed by atoms with Crippen LogP contribution >= 0.6 is 11.8 Å². The number of hydrogen-bond donors (Lipinski definition) is 0. The molecule has 0 aromatic carbocycles. The number of ketones is 1. The van der Waals surface area contributed by atoms with Gasteiger partial charge in [-0.3, -0.25) is 4.79 Å². The van der Waals surface area contributed by atoms with Crippen LogP contribution in [0.2, 0.25) is 0 Å². The van der Waals surface area contributed by atoms with Crippen molar-refractivity contribution in [3.8, 4) is 0 Å². The molecule has 0 saturated carbocycles. The molecule has 2 nitrogen and oxygen atoms in total. The van der Waals surface area contributed by atoms with Crippen LogP contribution in [0.25, 0.3) is 0 Å². The van der Waals surface area contributed by atoms with E-state index >= 15 is 0 Å². The van der Waals surface area contributed by atoms with Crippen LogP contribution in [0.4, 0.5) is 0 Å². The fourth-order valence-corrected chi connectivity index (χ4v) is 4.33. The highest BCUT2D eigenvalue weighted by Crippen LogP contribution is 2.40. The number of hydrogen-bond acceptors (Lipinski definition) is 3. The van der Waals surface area contributed by atoms with Crippen LogP contribution < -0.4 is 0 Å². The molecule has 2 fully saturated rings. The van der Waals surface area contributed by atoms with Crippen LogP contribution in [0.1, 0.15) is 51.9 Å². The van der Waals surface area contributed by atoms with Crippen molar-refractivity contribution in [2.45, 2.75) is 57.5 Å². The maximum atomic E-state index is 11.7. The summed E-state index contributed by atoms with van der Waals surface area (Å²) < 4.78 is 6.05. The summed E-state index contributed by atoms with van der Waals surface area (Å²) in [6, 6.07) is 0. The molecule has 2 aliphatic rings. The van der Waals surface area contributed by atoms with Gasteiger partial charge in [-0.1, -0.05) is 6.92 Å². The molecule has 0 radical (unpaired) electrons. The van der Waals surface area contributed by atoms with Gasteiger partial charge < -0.3 is 4.74 Å². The quantitative estimate of drug-likeness (QED) is 0.771. The highest BCUT2D eigenvalue weighted by atomic mass is 32.2.